The lowest BCUT2D eigenvalue weighted by Gasteiger charge is -2.39. The van der Waals surface area contributed by atoms with E-state index < -0.39 is 12.8 Å². The third-order valence-corrected chi connectivity index (χ3v) is 4.69. The van der Waals surface area contributed by atoms with Gasteiger partial charge in [-0.2, -0.15) is 13.2 Å². The van der Waals surface area contributed by atoms with Crippen molar-refractivity contribution in [3.05, 3.63) is 0 Å². The van der Waals surface area contributed by atoms with E-state index >= 15 is 0 Å². The molecule has 1 rings (SSSR count). The number of nitrogens with one attached hydrogen (secondary N) is 1. The Balaban J connectivity index is 2.11. The van der Waals surface area contributed by atoms with Crippen LogP contribution in [0.15, 0.2) is 0 Å². The van der Waals surface area contributed by atoms with Crippen molar-refractivity contribution in [2.75, 3.05) is 19.8 Å². The molecule has 0 amide bonds. The Labute approximate surface area is 120 Å². The van der Waals surface area contributed by atoms with Crippen LogP contribution < -0.4 is 5.32 Å². The summed E-state index contributed by atoms with van der Waals surface area (Å²) in [5.41, 5.74) is 0.404. The first kappa shape index (κ1) is 17.8. The fourth-order valence-electron chi connectivity index (χ4n) is 2.89. The molecule has 1 aliphatic rings. The highest BCUT2D eigenvalue weighted by Gasteiger charge is 2.31. The van der Waals surface area contributed by atoms with Crippen molar-refractivity contribution in [2.24, 2.45) is 11.3 Å². The smallest absolute Gasteiger partial charge is 0.371 e. The second-order valence-corrected chi connectivity index (χ2v) is 6.51. The standard InChI is InChI=1S/C15H28F3NO/c1-4-14(2,3)12-5-7-13(8-6-12)19-9-10-20-11-15(16,17)18/h12-13,19H,4-11H2,1-3H3. The van der Waals surface area contributed by atoms with Crippen LogP contribution in [0.25, 0.3) is 0 Å². The zero-order valence-electron chi connectivity index (χ0n) is 12.9. The van der Waals surface area contributed by atoms with E-state index in [2.05, 4.69) is 30.8 Å². The molecule has 5 heteroatoms. The maximum atomic E-state index is 11.9. The number of rotatable bonds is 7. The van der Waals surface area contributed by atoms with E-state index in [9.17, 15) is 13.2 Å². The summed E-state index contributed by atoms with van der Waals surface area (Å²) in [6.07, 6.45) is 1.63. The molecule has 2 nitrogen and oxygen atoms in total. The second kappa shape index (κ2) is 7.64. The Bertz CT molecular complexity index is 271. The van der Waals surface area contributed by atoms with Crippen LogP contribution in [0.4, 0.5) is 13.2 Å². The molecule has 0 bridgehead atoms. The van der Waals surface area contributed by atoms with Gasteiger partial charge in [-0.1, -0.05) is 27.2 Å². The third-order valence-electron chi connectivity index (χ3n) is 4.69. The quantitative estimate of drug-likeness (QED) is 0.712. The van der Waals surface area contributed by atoms with Gasteiger partial charge in [-0.3, -0.25) is 0 Å². The third kappa shape index (κ3) is 6.44. The summed E-state index contributed by atoms with van der Waals surface area (Å²) in [4.78, 5) is 0. The summed E-state index contributed by atoms with van der Waals surface area (Å²) in [6, 6.07) is 0.438. The topological polar surface area (TPSA) is 21.3 Å². The van der Waals surface area contributed by atoms with Gasteiger partial charge in [0.2, 0.25) is 0 Å². The highest BCUT2D eigenvalue weighted by atomic mass is 19.4. The summed E-state index contributed by atoms with van der Waals surface area (Å²) < 4.78 is 40.2. The molecule has 1 N–H and O–H groups in total. The summed E-state index contributed by atoms with van der Waals surface area (Å²) in [5, 5.41) is 3.31. The molecule has 0 heterocycles. The maximum absolute atomic E-state index is 11.9. The zero-order valence-corrected chi connectivity index (χ0v) is 12.9. The van der Waals surface area contributed by atoms with Crippen molar-refractivity contribution in [1.82, 2.24) is 5.32 Å². The predicted molar refractivity (Wildman–Crippen MR) is 74.7 cm³/mol. The van der Waals surface area contributed by atoms with Crippen molar-refractivity contribution in [2.45, 2.75) is 65.1 Å². The first-order valence-electron chi connectivity index (χ1n) is 7.62. The Morgan fingerprint density at radius 2 is 1.70 bits per heavy atom. The highest BCUT2D eigenvalue weighted by molar-refractivity contribution is 4.84. The fourth-order valence-corrected chi connectivity index (χ4v) is 2.89. The van der Waals surface area contributed by atoms with E-state index in [0.29, 0.717) is 18.0 Å². The van der Waals surface area contributed by atoms with E-state index in [0.717, 1.165) is 18.8 Å². The van der Waals surface area contributed by atoms with Crippen LogP contribution >= 0.6 is 0 Å². The van der Waals surface area contributed by atoms with Gasteiger partial charge in [-0.05, 0) is 37.0 Å². The van der Waals surface area contributed by atoms with E-state index in [1.54, 1.807) is 0 Å². The van der Waals surface area contributed by atoms with Crippen molar-refractivity contribution in [3.63, 3.8) is 0 Å². The van der Waals surface area contributed by atoms with Crippen molar-refractivity contribution in [3.8, 4) is 0 Å². The van der Waals surface area contributed by atoms with Crippen LogP contribution in [-0.4, -0.2) is 32.0 Å². The highest BCUT2D eigenvalue weighted by Crippen LogP contribution is 2.40. The van der Waals surface area contributed by atoms with Crippen LogP contribution in [0.2, 0.25) is 0 Å². The van der Waals surface area contributed by atoms with Crippen LogP contribution in [0.3, 0.4) is 0 Å². The zero-order chi connectivity index (χ0) is 15.2. The lowest BCUT2D eigenvalue weighted by molar-refractivity contribution is -0.173. The molecule has 20 heavy (non-hydrogen) atoms. The first-order chi connectivity index (χ1) is 9.24. The fraction of sp³-hybridized carbons (Fsp3) is 1.00. The molecule has 1 aliphatic carbocycles. The number of halogens is 3. The minimum atomic E-state index is -4.22. The molecule has 0 atom stereocenters. The van der Waals surface area contributed by atoms with Crippen molar-refractivity contribution < 1.29 is 17.9 Å². The van der Waals surface area contributed by atoms with Crippen LogP contribution in [0, 0.1) is 11.3 Å². The molecule has 0 aliphatic heterocycles. The van der Waals surface area contributed by atoms with Gasteiger partial charge in [-0.25, -0.2) is 0 Å². The Kier molecular flexibility index (Phi) is 6.79. The summed E-state index contributed by atoms with van der Waals surface area (Å²) in [5.74, 6) is 0.770. The molecule has 0 spiro atoms. The van der Waals surface area contributed by atoms with Crippen molar-refractivity contribution >= 4 is 0 Å². The number of alkyl halides is 3. The van der Waals surface area contributed by atoms with Gasteiger partial charge in [0.25, 0.3) is 0 Å². The van der Waals surface area contributed by atoms with Crippen LogP contribution in [-0.2, 0) is 4.74 Å². The normalized spacial score (nSPS) is 24.9. The monoisotopic (exact) mass is 295 g/mol. The summed E-state index contributed by atoms with van der Waals surface area (Å²) in [7, 11) is 0. The molecule has 1 fully saturated rings. The molecule has 0 saturated heterocycles. The van der Waals surface area contributed by atoms with Gasteiger partial charge in [0.1, 0.15) is 6.61 Å². The second-order valence-electron chi connectivity index (χ2n) is 6.51. The molecule has 0 unspecified atom stereocenters. The molecular weight excluding hydrogens is 267 g/mol. The number of hydrogen-bond acceptors (Lipinski definition) is 2. The maximum Gasteiger partial charge on any atom is 0.411 e. The average molecular weight is 295 g/mol. The molecule has 0 aromatic rings. The minimum absolute atomic E-state index is 0.125. The van der Waals surface area contributed by atoms with Crippen LogP contribution in [0.1, 0.15) is 52.9 Å². The average Bonchev–Trinajstić information content (AvgIpc) is 2.37. The lowest BCUT2D eigenvalue weighted by atomic mass is 9.69. The molecule has 1 saturated carbocycles. The largest absolute Gasteiger partial charge is 0.411 e. The summed E-state index contributed by atoms with van der Waals surface area (Å²) in [6.45, 7) is 6.38. The van der Waals surface area contributed by atoms with E-state index in [4.69, 9.17) is 0 Å². The van der Waals surface area contributed by atoms with Gasteiger partial charge >= 0.3 is 6.18 Å². The van der Waals surface area contributed by atoms with Gasteiger partial charge in [0.05, 0.1) is 6.61 Å². The molecule has 120 valence electrons. The Morgan fingerprint density at radius 1 is 1.10 bits per heavy atom. The molecule has 0 aromatic carbocycles. The SMILES string of the molecule is CCC(C)(C)C1CCC(NCCOCC(F)(F)F)CC1. The molecular formula is C15H28F3NO. The van der Waals surface area contributed by atoms with Gasteiger partial charge in [-0.15, -0.1) is 0 Å². The summed E-state index contributed by atoms with van der Waals surface area (Å²) >= 11 is 0. The van der Waals surface area contributed by atoms with E-state index in [-0.39, 0.29) is 6.61 Å². The van der Waals surface area contributed by atoms with E-state index in [1.165, 1.54) is 19.3 Å². The van der Waals surface area contributed by atoms with Crippen LogP contribution in [0.5, 0.6) is 0 Å². The van der Waals surface area contributed by atoms with Crippen molar-refractivity contribution in [1.29, 1.82) is 0 Å². The Morgan fingerprint density at radius 3 is 2.20 bits per heavy atom. The first-order valence-corrected chi connectivity index (χ1v) is 7.62. The number of ether oxygens (including phenoxy) is 1. The molecule has 0 radical (unpaired) electrons. The lowest BCUT2D eigenvalue weighted by Crippen LogP contribution is -2.38. The van der Waals surface area contributed by atoms with Gasteiger partial charge < -0.3 is 10.1 Å². The van der Waals surface area contributed by atoms with E-state index in [1.807, 2.05) is 0 Å². The molecule has 0 aromatic heterocycles. The minimum Gasteiger partial charge on any atom is -0.371 e. The number of hydrogen-bond donors (Lipinski definition) is 1. The Hall–Kier alpha value is -0.290. The van der Waals surface area contributed by atoms with Gasteiger partial charge in [0.15, 0.2) is 0 Å². The van der Waals surface area contributed by atoms with Gasteiger partial charge in [0, 0.05) is 12.6 Å². The predicted octanol–water partition coefficient (Wildman–Crippen LogP) is 4.15.